The Morgan fingerprint density at radius 2 is 1.90 bits per heavy atom. The van der Waals surface area contributed by atoms with Crippen LogP contribution < -0.4 is 5.32 Å². The molecule has 0 atom stereocenters. The third kappa shape index (κ3) is 2.54. The van der Waals surface area contributed by atoms with Crippen molar-refractivity contribution in [3.63, 3.8) is 0 Å². The third-order valence-corrected chi connectivity index (χ3v) is 3.23. The number of rotatable bonds is 4. The topological polar surface area (TPSA) is 42.7 Å². The van der Waals surface area contributed by atoms with Gasteiger partial charge in [-0.15, -0.1) is 0 Å². The van der Waals surface area contributed by atoms with Gasteiger partial charge in [-0.3, -0.25) is 4.98 Å². The van der Waals surface area contributed by atoms with E-state index in [9.17, 15) is 0 Å². The fourth-order valence-corrected chi connectivity index (χ4v) is 2.13. The zero-order valence-corrected chi connectivity index (χ0v) is 11.3. The van der Waals surface area contributed by atoms with Gasteiger partial charge in [-0.1, -0.05) is 36.4 Å². The first-order chi connectivity index (χ1) is 9.84. The first-order valence-corrected chi connectivity index (χ1v) is 6.54. The Morgan fingerprint density at radius 3 is 2.65 bits per heavy atom. The molecule has 0 bridgehead atoms. The van der Waals surface area contributed by atoms with Crippen LogP contribution in [0.3, 0.4) is 0 Å². The number of hydrogen-bond donors (Lipinski definition) is 1. The van der Waals surface area contributed by atoms with Crippen LogP contribution in [0.5, 0.6) is 0 Å². The molecule has 4 heteroatoms. The van der Waals surface area contributed by atoms with Crippen LogP contribution >= 0.6 is 0 Å². The summed E-state index contributed by atoms with van der Waals surface area (Å²) in [6.07, 6.45) is 5.52. The SMILES string of the molecule is Cn1c(-c2ccccc2)cnc1NCc1cccnc1. The molecule has 4 nitrogen and oxygen atoms in total. The van der Waals surface area contributed by atoms with Crippen molar-refractivity contribution in [1.82, 2.24) is 14.5 Å². The van der Waals surface area contributed by atoms with Gasteiger partial charge in [0.05, 0.1) is 11.9 Å². The molecule has 0 aliphatic rings. The highest BCUT2D eigenvalue weighted by molar-refractivity contribution is 5.61. The predicted octanol–water partition coefficient (Wildman–Crippen LogP) is 3.09. The molecule has 0 radical (unpaired) electrons. The van der Waals surface area contributed by atoms with Crippen molar-refractivity contribution in [2.24, 2.45) is 7.05 Å². The van der Waals surface area contributed by atoms with Gasteiger partial charge in [0.2, 0.25) is 5.95 Å². The second-order valence-electron chi connectivity index (χ2n) is 4.61. The quantitative estimate of drug-likeness (QED) is 0.787. The van der Waals surface area contributed by atoms with Crippen LogP contribution in [-0.4, -0.2) is 14.5 Å². The van der Waals surface area contributed by atoms with Gasteiger partial charge in [0.25, 0.3) is 0 Å². The highest BCUT2D eigenvalue weighted by atomic mass is 15.2. The molecule has 0 fully saturated rings. The van der Waals surface area contributed by atoms with E-state index in [0.717, 1.165) is 22.8 Å². The van der Waals surface area contributed by atoms with Crippen LogP contribution in [-0.2, 0) is 13.6 Å². The van der Waals surface area contributed by atoms with Crippen molar-refractivity contribution in [3.8, 4) is 11.3 Å². The van der Waals surface area contributed by atoms with Gasteiger partial charge < -0.3 is 9.88 Å². The van der Waals surface area contributed by atoms with Crippen LogP contribution in [0, 0.1) is 0 Å². The average molecular weight is 264 g/mol. The molecule has 0 aliphatic carbocycles. The molecule has 1 aromatic carbocycles. The Labute approximate surface area is 118 Å². The van der Waals surface area contributed by atoms with Crippen LogP contribution in [0.2, 0.25) is 0 Å². The molecule has 0 aliphatic heterocycles. The summed E-state index contributed by atoms with van der Waals surface area (Å²) in [5, 5.41) is 3.33. The van der Waals surface area contributed by atoms with E-state index in [1.807, 2.05) is 49.8 Å². The van der Waals surface area contributed by atoms with Crippen molar-refractivity contribution in [2.75, 3.05) is 5.32 Å². The van der Waals surface area contributed by atoms with Crippen LogP contribution in [0.1, 0.15) is 5.56 Å². The maximum absolute atomic E-state index is 4.44. The molecular weight excluding hydrogens is 248 g/mol. The minimum absolute atomic E-state index is 0.715. The van der Waals surface area contributed by atoms with Crippen molar-refractivity contribution in [3.05, 3.63) is 66.6 Å². The summed E-state index contributed by atoms with van der Waals surface area (Å²) in [6, 6.07) is 14.2. The van der Waals surface area contributed by atoms with Gasteiger partial charge in [-0.25, -0.2) is 4.98 Å². The van der Waals surface area contributed by atoms with Crippen molar-refractivity contribution in [2.45, 2.75) is 6.54 Å². The molecule has 0 unspecified atom stereocenters. The number of nitrogens with one attached hydrogen (secondary N) is 1. The second-order valence-corrected chi connectivity index (χ2v) is 4.61. The molecule has 100 valence electrons. The van der Waals surface area contributed by atoms with Crippen LogP contribution in [0.15, 0.2) is 61.1 Å². The van der Waals surface area contributed by atoms with Crippen LogP contribution in [0.4, 0.5) is 5.95 Å². The summed E-state index contributed by atoms with van der Waals surface area (Å²) in [7, 11) is 2.01. The van der Waals surface area contributed by atoms with E-state index < -0.39 is 0 Å². The number of pyridine rings is 1. The summed E-state index contributed by atoms with van der Waals surface area (Å²) < 4.78 is 2.06. The largest absolute Gasteiger partial charge is 0.352 e. The summed E-state index contributed by atoms with van der Waals surface area (Å²) in [5.41, 5.74) is 3.40. The van der Waals surface area contributed by atoms with Gasteiger partial charge in [0, 0.05) is 26.0 Å². The van der Waals surface area contributed by atoms with E-state index >= 15 is 0 Å². The van der Waals surface area contributed by atoms with E-state index in [4.69, 9.17) is 0 Å². The molecule has 20 heavy (non-hydrogen) atoms. The minimum Gasteiger partial charge on any atom is -0.352 e. The number of nitrogens with zero attached hydrogens (tertiary/aromatic N) is 3. The van der Waals surface area contributed by atoms with Crippen molar-refractivity contribution < 1.29 is 0 Å². The maximum Gasteiger partial charge on any atom is 0.203 e. The molecule has 2 aromatic heterocycles. The number of anilines is 1. The van der Waals surface area contributed by atoms with Gasteiger partial charge in [0.1, 0.15) is 0 Å². The van der Waals surface area contributed by atoms with Gasteiger partial charge in [-0.2, -0.15) is 0 Å². The smallest absolute Gasteiger partial charge is 0.203 e. The van der Waals surface area contributed by atoms with Crippen molar-refractivity contribution in [1.29, 1.82) is 0 Å². The molecule has 2 heterocycles. The number of aromatic nitrogens is 3. The highest BCUT2D eigenvalue weighted by Crippen LogP contribution is 2.21. The lowest BCUT2D eigenvalue weighted by Gasteiger charge is -2.08. The molecule has 3 aromatic rings. The molecular formula is C16H16N4. The Balaban J connectivity index is 1.78. The lowest BCUT2D eigenvalue weighted by atomic mass is 10.2. The zero-order chi connectivity index (χ0) is 13.8. The van der Waals surface area contributed by atoms with Gasteiger partial charge in [0.15, 0.2) is 0 Å². The Kier molecular flexibility index (Phi) is 3.46. The standard InChI is InChI=1S/C16H16N4/c1-20-15(14-7-3-2-4-8-14)12-19-16(20)18-11-13-6-5-9-17-10-13/h2-10,12H,11H2,1H3,(H,18,19). The van der Waals surface area contributed by atoms with Crippen molar-refractivity contribution >= 4 is 5.95 Å². The molecule has 3 rings (SSSR count). The minimum atomic E-state index is 0.715. The first kappa shape index (κ1) is 12.4. The second kappa shape index (κ2) is 5.57. The lowest BCUT2D eigenvalue weighted by Crippen LogP contribution is -2.05. The fraction of sp³-hybridized carbons (Fsp3) is 0.125. The van der Waals surface area contributed by atoms with E-state index in [1.54, 1.807) is 6.20 Å². The normalized spacial score (nSPS) is 10.4. The molecule has 0 saturated heterocycles. The maximum atomic E-state index is 4.44. The molecule has 0 spiro atoms. The fourth-order valence-electron chi connectivity index (χ4n) is 2.13. The average Bonchev–Trinajstić information content (AvgIpc) is 2.88. The lowest BCUT2D eigenvalue weighted by molar-refractivity contribution is 0.905. The number of hydrogen-bond acceptors (Lipinski definition) is 3. The predicted molar refractivity (Wildman–Crippen MR) is 80.2 cm³/mol. The van der Waals surface area contributed by atoms with Gasteiger partial charge >= 0.3 is 0 Å². The highest BCUT2D eigenvalue weighted by Gasteiger charge is 2.07. The summed E-state index contributed by atoms with van der Waals surface area (Å²) >= 11 is 0. The first-order valence-electron chi connectivity index (χ1n) is 6.54. The zero-order valence-electron chi connectivity index (χ0n) is 11.3. The Morgan fingerprint density at radius 1 is 1.05 bits per heavy atom. The molecule has 0 saturated carbocycles. The number of imidazole rings is 1. The molecule has 0 amide bonds. The summed E-state index contributed by atoms with van der Waals surface area (Å²) in [4.78, 5) is 8.54. The van der Waals surface area contributed by atoms with E-state index in [-0.39, 0.29) is 0 Å². The Bertz CT molecular complexity index is 674. The number of benzene rings is 1. The monoisotopic (exact) mass is 264 g/mol. The molecule has 1 N–H and O–H groups in total. The van der Waals surface area contributed by atoms with Crippen LogP contribution in [0.25, 0.3) is 11.3 Å². The van der Waals surface area contributed by atoms with E-state index in [0.29, 0.717) is 6.54 Å². The van der Waals surface area contributed by atoms with Gasteiger partial charge in [-0.05, 0) is 17.2 Å². The third-order valence-electron chi connectivity index (χ3n) is 3.23. The summed E-state index contributed by atoms with van der Waals surface area (Å²) in [5.74, 6) is 0.854. The summed E-state index contributed by atoms with van der Waals surface area (Å²) in [6.45, 7) is 0.715. The van der Waals surface area contributed by atoms with E-state index in [2.05, 4.69) is 32.0 Å². The Hall–Kier alpha value is -2.62. The van der Waals surface area contributed by atoms with E-state index in [1.165, 1.54) is 0 Å².